The van der Waals surface area contributed by atoms with Crippen LogP contribution in [0.25, 0.3) is 0 Å². The zero-order valence-corrected chi connectivity index (χ0v) is 12.5. The van der Waals surface area contributed by atoms with Crippen molar-refractivity contribution in [1.82, 2.24) is 5.32 Å². The van der Waals surface area contributed by atoms with Gasteiger partial charge in [0.05, 0.1) is 13.7 Å². The van der Waals surface area contributed by atoms with Crippen molar-refractivity contribution in [1.29, 1.82) is 0 Å². The van der Waals surface area contributed by atoms with E-state index >= 15 is 0 Å². The number of rotatable bonds is 8. The quantitative estimate of drug-likeness (QED) is 0.743. The molecule has 1 aliphatic heterocycles. The van der Waals surface area contributed by atoms with E-state index < -0.39 is 0 Å². The fraction of sp³-hybridized carbons (Fsp3) is 0.625. The van der Waals surface area contributed by atoms with Gasteiger partial charge in [-0.2, -0.15) is 0 Å². The molecule has 1 aliphatic rings. The van der Waals surface area contributed by atoms with Gasteiger partial charge in [0.15, 0.2) is 11.5 Å². The first kappa shape index (κ1) is 15.1. The second-order valence-corrected chi connectivity index (χ2v) is 5.11. The van der Waals surface area contributed by atoms with E-state index in [0.29, 0.717) is 6.61 Å². The second-order valence-electron chi connectivity index (χ2n) is 5.11. The number of benzene rings is 1. The Morgan fingerprint density at radius 2 is 2.25 bits per heavy atom. The monoisotopic (exact) mass is 279 g/mol. The number of hydrogen-bond acceptors (Lipinski definition) is 4. The lowest BCUT2D eigenvalue weighted by Gasteiger charge is -2.12. The first-order valence-corrected chi connectivity index (χ1v) is 7.41. The van der Waals surface area contributed by atoms with E-state index in [1.807, 2.05) is 19.1 Å². The zero-order chi connectivity index (χ0) is 14.2. The third-order valence-corrected chi connectivity index (χ3v) is 3.61. The van der Waals surface area contributed by atoms with Crippen LogP contribution in [-0.4, -0.2) is 33.5 Å². The van der Waals surface area contributed by atoms with Crippen molar-refractivity contribution in [2.45, 2.75) is 26.3 Å². The van der Waals surface area contributed by atoms with E-state index in [4.69, 9.17) is 14.2 Å². The third-order valence-electron chi connectivity index (χ3n) is 3.61. The molecule has 0 aliphatic carbocycles. The standard InChI is InChI=1S/C16H25NO3/c1-3-20-16-10-14(4-5-15(16)18-2)11-17-8-6-13-7-9-19-12-13/h4-5,10,13,17H,3,6-9,11-12H2,1-2H3. The normalized spacial score (nSPS) is 18.2. The van der Waals surface area contributed by atoms with Crippen LogP contribution in [0.3, 0.4) is 0 Å². The number of hydrogen-bond donors (Lipinski definition) is 1. The largest absolute Gasteiger partial charge is 0.493 e. The molecule has 0 spiro atoms. The van der Waals surface area contributed by atoms with Gasteiger partial charge >= 0.3 is 0 Å². The van der Waals surface area contributed by atoms with Crippen LogP contribution in [0.15, 0.2) is 18.2 Å². The molecule has 0 aromatic heterocycles. The van der Waals surface area contributed by atoms with Gasteiger partial charge in [0.2, 0.25) is 0 Å². The molecule has 1 fully saturated rings. The molecule has 1 aromatic rings. The van der Waals surface area contributed by atoms with Crippen LogP contribution < -0.4 is 14.8 Å². The molecule has 0 saturated carbocycles. The Balaban J connectivity index is 1.78. The highest BCUT2D eigenvalue weighted by Crippen LogP contribution is 2.28. The van der Waals surface area contributed by atoms with E-state index in [1.54, 1.807) is 7.11 Å². The molecule has 4 nitrogen and oxygen atoms in total. The summed E-state index contributed by atoms with van der Waals surface area (Å²) < 4.78 is 16.3. The average molecular weight is 279 g/mol. The van der Waals surface area contributed by atoms with Crippen LogP contribution in [0.4, 0.5) is 0 Å². The van der Waals surface area contributed by atoms with E-state index in [2.05, 4.69) is 11.4 Å². The van der Waals surface area contributed by atoms with Gasteiger partial charge in [-0.05, 0) is 49.9 Å². The Morgan fingerprint density at radius 3 is 2.95 bits per heavy atom. The molecular formula is C16H25NO3. The summed E-state index contributed by atoms with van der Waals surface area (Å²) in [6, 6.07) is 6.09. The first-order valence-electron chi connectivity index (χ1n) is 7.41. The van der Waals surface area contributed by atoms with Gasteiger partial charge in [-0.3, -0.25) is 0 Å². The maximum Gasteiger partial charge on any atom is 0.161 e. The molecule has 1 heterocycles. The molecule has 1 saturated heterocycles. The Bertz CT molecular complexity index is 403. The van der Waals surface area contributed by atoms with E-state index in [9.17, 15) is 0 Å². The summed E-state index contributed by atoms with van der Waals surface area (Å²) in [4.78, 5) is 0. The summed E-state index contributed by atoms with van der Waals surface area (Å²) in [6.45, 7) is 6.38. The summed E-state index contributed by atoms with van der Waals surface area (Å²) in [7, 11) is 1.67. The van der Waals surface area contributed by atoms with Gasteiger partial charge in [0, 0.05) is 19.8 Å². The number of nitrogens with one attached hydrogen (secondary N) is 1. The Hall–Kier alpha value is -1.26. The summed E-state index contributed by atoms with van der Waals surface area (Å²) >= 11 is 0. The first-order chi connectivity index (χ1) is 9.83. The van der Waals surface area contributed by atoms with Crippen LogP contribution in [0, 0.1) is 5.92 Å². The summed E-state index contributed by atoms with van der Waals surface area (Å²) in [5, 5.41) is 3.48. The van der Waals surface area contributed by atoms with E-state index in [0.717, 1.165) is 43.7 Å². The highest BCUT2D eigenvalue weighted by molar-refractivity contribution is 5.42. The van der Waals surface area contributed by atoms with Crippen LogP contribution in [0.2, 0.25) is 0 Å². The minimum absolute atomic E-state index is 0.648. The van der Waals surface area contributed by atoms with Crippen molar-refractivity contribution in [3.63, 3.8) is 0 Å². The molecule has 1 unspecified atom stereocenters. The highest BCUT2D eigenvalue weighted by atomic mass is 16.5. The lowest BCUT2D eigenvalue weighted by atomic mass is 10.1. The lowest BCUT2D eigenvalue weighted by Crippen LogP contribution is -2.18. The predicted molar refractivity (Wildman–Crippen MR) is 79.4 cm³/mol. The topological polar surface area (TPSA) is 39.7 Å². The van der Waals surface area contributed by atoms with Crippen molar-refractivity contribution in [2.24, 2.45) is 5.92 Å². The fourth-order valence-corrected chi connectivity index (χ4v) is 2.45. The van der Waals surface area contributed by atoms with Gasteiger partial charge in [0.25, 0.3) is 0 Å². The van der Waals surface area contributed by atoms with Crippen LogP contribution in [-0.2, 0) is 11.3 Å². The Kier molecular flexibility index (Phi) is 6.15. The van der Waals surface area contributed by atoms with Gasteiger partial charge in [-0.15, -0.1) is 0 Å². The van der Waals surface area contributed by atoms with Crippen LogP contribution >= 0.6 is 0 Å². The van der Waals surface area contributed by atoms with Crippen LogP contribution in [0.5, 0.6) is 11.5 Å². The van der Waals surface area contributed by atoms with E-state index in [-0.39, 0.29) is 0 Å². The van der Waals surface area contributed by atoms with Crippen molar-refractivity contribution >= 4 is 0 Å². The van der Waals surface area contributed by atoms with E-state index in [1.165, 1.54) is 18.4 Å². The lowest BCUT2D eigenvalue weighted by molar-refractivity contribution is 0.184. The smallest absolute Gasteiger partial charge is 0.161 e. The second kappa shape index (κ2) is 8.12. The molecule has 0 radical (unpaired) electrons. The predicted octanol–water partition coefficient (Wildman–Crippen LogP) is 2.61. The Labute approximate surface area is 121 Å². The summed E-state index contributed by atoms with van der Waals surface area (Å²) in [5.74, 6) is 2.34. The maximum atomic E-state index is 5.59. The summed E-state index contributed by atoms with van der Waals surface area (Å²) in [5.41, 5.74) is 1.22. The highest BCUT2D eigenvalue weighted by Gasteiger charge is 2.14. The minimum atomic E-state index is 0.648. The molecule has 1 atom stereocenters. The molecule has 0 bridgehead atoms. The maximum absolute atomic E-state index is 5.59. The molecule has 1 aromatic carbocycles. The van der Waals surface area contributed by atoms with Crippen molar-refractivity contribution < 1.29 is 14.2 Å². The third kappa shape index (κ3) is 4.39. The molecule has 1 N–H and O–H groups in total. The van der Waals surface area contributed by atoms with Gasteiger partial charge in [0.1, 0.15) is 0 Å². The number of methoxy groups -OCH3 is 1. The molecule has 2 rings (SSSR count). The number of ether oxygens (including phenoxy) is 3. The molecule has 20 heavy (non-hydrogen) atoms. The van der Waals surface area contributed by atoms with Gasteiger partial charge < -0.3 is 19.5 Å². The molecule has 112 valence electrons. The SMILES string of the molecule is CCOc1cc(CNCCC2CCOC2)ccc1OC. The fourth-order valence-electron chi connectivity index (χ4n) is 2.45. The zero-order valence-electron chi connectivity index (χ0n) is 12.5. The van der Waals surface area contributed by atoms with Gasteiger partial charge in [-0.1, -0.05) is 6.07 Å². The molecule has 0 amide bonds. The Morgan fingerprint density at radius 1 is 1.35 bits per heavy atom. The molecular weight excluding hydrogens is 254 g/mol. The summed E-state index contributed by atoms with van der Waals surface area (Å²) in [6.07, 6.45) is 2.40. The molecule has 4 heteroatoms. The van der Waals surface area contributed by atoms with Gasteiger partial charge in [-0.25, -0.2) is 0 Å². The van der Waals surface area contributed by atoms with Crippen LogP contribution in [0.1, 0.15) is 25.3 Å². The van der Waals surface area contributed by atoms with Crippen molar-refractivity contribution in [3.05, 3.63) is 23.8 Å². The van der Waals surface area contributed by atoms with Crippen molar-refractivity contribution in [3.8, 4) is 11.5 Å². The average Bonchev–Trinajstić information content (AvgIpc) is 2.97. The van der Waals surface area contributed by atoms with Crippen molar-refractivity contribution in [2.75, 3.05) is 33.5 Å². The minimum Gasteiger partial charge on any atom is -0.493 e.